The van der Waals surface area contributed by atoms with Crippen LogP contribution in [0.15, 0.2) is 29.2 Å². The summed E-state index contributed by atoms with van der Waals surface area (Å²) in [5.74, 6) is -0.144. The Morgan fingerprint density at radius 1 is 0.966 bits per heavy atom. The fourth-order valence-electron chi connectivity index (χ4n) is 4.12. The van der Waals surface area contributed by atoms with E-state index in [2.05, 4.69) is 10.9 Å². The fourth-order valence-corrected chi connectivity index (χ4v) is 5.69. The van der Waals surface area contributed by atoms with E-state index in [4.69, 9.17) is 0 Å². The third-order valence-electron chi connectivity index (χ3n) is 5.87. The van der Waals surface area contributed by atoms with Crippen molar-refractivity contribution in [3.8, 4) is 0 Å². The van der Waals surface area contributed by atoms with Crippen LogP contribution in [0.3, 0.4) is 0 Å². The summed E-state index contributed by atoms with van der Waals surface area (Å²) in [6.45, 7) is 1.02. The third-order valence-corrected chi connectivity index (χ3v) is 7.76. The van der Waals surface area contributed by atoms with E-state index in [-0.39, 0.29) is 16.4 Å². The first-order chi connectivity index (χ1) is 14.0. The maximum absolute atomic E-state index is 12.8. The molecule has 160 valence electrons. The highest BCUT2D eigenvalue weighted by Crippen LogP contribution is 2.27. The number of rotatable bonds is 6. The lowest BCUT2D eigenvalue weighted by Gasteiger charge is -2.26. The number of hydrogen-bond donors (Lipinski definition) is 2. The van der Waals surface area contributed by atoms with Crippen molar-refractivity contribution >= 4 is 21.8 Å². The summed E-state index contributed by atoms with van der Waals surface area (Å²) in [6.07, 6.45) is 10.1. The maximum atomic E-state index is 12.8. The minimum Gasteiger partial charge on any atom is -0.273 e. The smallest absolute Gasteiger partial charge is 0.269 e. The molecule has 1 saturated heterocycles. The molecule has 1 aromatic carbocycles. The molecule has 2 fully saturated rings. The number of nitrogens with one attached hydrogen (secondary N) is 2. The Morgan fingerprint density at radius 3 is 2.38 bits per heavy atom. The Labute approximate surface area is 173 Å². The molecule has 0 bridgehead atoms. The Morgan fingerprint density at radius 2 is 1.66 bits per heavy atom. The molecule has 2 aliphatic rings. The van der Waals surface area contributed by atoms with Crippen molar-refractivity contribution < 1.29 is 18.0 Å². The predicted molar refractivity (Wildman–Crippen MR) is 110 cm³/mol. The second-order valence-corrected chi connectivity index (χ2v) is 9.98. The Bertz CT molecular complexity index is 813. The molecule has 1 heterocycles. The minimum atomic E-state index is -3.60. The van der Waals surface area contributed by atoms with Crippen LogP contribution in [0.25, 0.3) is 0 Å². The van der Waals surface area contributed by atoms with E-state index in [1.54, 1.807) is 12.1 Å². The molecule has 2 amide bonds. The van der Waals surface area contributed by atoms with Crippen LogP contribution in [-0.2, 0) is 14.8 Å². The molecule has 0 radical (unpaired) electrons. The van der Waals surface area contributed by atoms with Crippen LogP contribution < -0.4 is 10.9 Å². The average Bonchev–Trinajstić information content (AvgIpc) is 2.77. The maximum Gasteiger partial charge on any atom is 0.269 e. The summed E-state index contributed by atoms with van der Waals surface area (Å²) in [6, 6.07) is 5.96. The zero-order chi connectivity index (χ0) is 20.7. The van der Waals surface area contributed by atoms with Gasteiger partial charge in [0.1, 0.15) is 0 Å². The molecule has 8 heteroatoms. The van der Waals surface area contributed by atoms with Gasteiger partial charge in [-0.25, -0.2) is 8.42 Å². The lowest BCUT2D eigenvalue weighted by atomic mass is 9.86. The molecule has 1 saturated carbocycles. The van der Waals surface area contributed by atoms with Gasteiger partial charge < -0.3 is 0 Å². The Kier molecular flexibility index (Phi) is 7.66. The van der Waals surface area contributed by atoms with E-state index in [0.29, 0.717) is 25.4 Å². The van der Waals surface area contributed by atoms with Gasteiger partial charge in [-0.1, -0.05) is 44.6 Å². The van der Waals surface area contributed by atoms with Crippen LogP contribution in [0.5, 0.6) is 0 Å². The molecule has 3 rings (SSSR count). The standard InChI is InChI=1S/C21H31N3O4S/c25-20(13-12-17-8-3-1-4-9-17)22-23-21(26)18-10-7-11-19(16-18)29(27,28)24-14-5-2-6-15-24/h7,10-11,16-17H,1-6,8-9,12-15H2,(H,22,25)(H,23,26). The van der Waals surface area contributed by atoms with Crippen molar-refractivity contribution in [3.63, 3.8) is 0 Å². The molecular formula is C21H31N3O4S. The first-order valence-corrected chi connectivity index (χ1v) is 12.1. The van der Waals surface area contributed by atoms with Crippen molar-refractivity contribution in [2.45, 2.75) is 69.1 Å². The zero-order valence-corrected chi connectivity index (χ0v) is 17.7. The highest BCUT2D eigenvalue weighted by molar-refractivity contribution is 7.89. The van der Waals surface area contributed by atoms with Gasteiger partial charge in [0.15, 0.2) is 0 Å². The second kappa shape index (κ2) is 10.2. The molecular weight excluding hydrogens is 390 g/mol. The van der Waals surface area contributed by atoms with Gasteiger partial charge in [-0.05, 0) is 43.4 Å². The summed E-state index contributed by atoms with van der Waals surface area (Å²) in [5.41, 5.74) is 5.05. The van der Waals surface area contributed by atoms with E-state index in [9.17, 15) is 18.0 Å². The molecule has 0 unspecified atom stereocenters. The summed E-state index contributed by atoms with van der Waals surface area (Å²) in [7, 11) is -3.60. The molecule has 0 aromatic heterocycles. The third kappa shape index (κ3) is 6.02. The summed E-state index contributed by atoms with van der Waals surface area (Å²) in [4.78, 5) is 24.5. The molecule has 0 atom stereocenters. The second-order valence-electron chi connectivity index (χ2n) is 8.04. The highest BCUT2D eigenvalue weighted by Gasteiger charge is 2.26. The number of benzene rings is 1. The zero-order valence-electron chi connectivity index (χ0n) is 16.9. The Balaban J connectivity index is 1.53. The normalized spacial score (nSPS) is 18.9. The number of carbonyl (C=O) groups excluding carboxylic acids is 2. The van der Waals surface area contributed by atoms with Crippen molar-refractivity contribution in [1.29, 1.82) is 0 Å². The molecule has 0 spiro atoms. The van der Waals surface area contributed by atoms with Gasteiger partial charge in [0.2, 0.25) is 15.9 Å². The largest absolute Gasteiger partial charge is 0.273 e. The van der Waals surface area contributed by atoms with Crippen LogP contribution in [0.1, 0.15) is 74.6 Å². The van der Waals surface area contributed by atoms with Gasteiger partial charge >= 0.3 is 0 Å². The predicted octanol–water partition coefficient (Wildman–Crippen LogP) is 2.98. The van der Waals surface area contributed by atoms with E-state index in [1.807, 2.05) is 0 Å². The van der Waals surface area contributed by atoms with Crippen LogP contribution >= 0.6 is 0 Å². The molecule has 1 aromatic rings. The molecule has 2 N–H and O–H groups in total. The Hall–Kier alpha value is -1.93. The monoisotopic (exact) mass is 421 g/mol. The van der Waals surface area contributed by atoms with Gasteiger partial charge in [0, 0.05) is 25.1 Å². The van der Waals surface area contributed by atoms with Gasteiger partial charge in [-0.3, -0.25) is 20.4 Å². The lowest BCUT2D eigenvalue weighted by Crippen LogP contribution is -2.41. The quantitative estimate of drug-likeness (QED) is 0.690. The summed E-state index contributed by atoms with van der Waals surface area (Å²) >= 11 is 0. The number of sulfonamides is 1. The number of amides is 2. The van der Waals surface area contributed by atoms with Crippen LogP contribution in [-0.4, -0.2) is 37.6 Å². The highest BCUT2D eigenvalue weighted by atomic mass is 32.2. The number of carbonyl (C=O) groups is 2. The first kappa shape index (κ1) is 21.8. The van der Waals surface area contributed by atoms with Crippen molar-refractivity contribution in [2.24, 2.45) is 5.92 Å². The van der Waals surface area contributed by atoms with Gasteiger partial charge in [-0.2, -0.15) is 4.31 Å². The average molecular weight is 422 g/mol. The number of hydrogen-bond acceptors (Lipinski definition) is 4. The van der Waals surface area contributed by atoms with E-state index in [0.717, 1.165) is 25.7 Å². The number of piperidine rings is 1. The van der Waals surface area contributed by atoms with E-state index in [1.165, 1.54) is 48.5 Å². The van der Waals surface area contributed by atoms with Gasteiger partial charge in [0.05, 0.1) is 4.90 Å². The number of nitrogens with zero attached hydrogens (tertiary/aromatic N) is 1. The van der Waals surface area contributed by atoms with Crippen LogP contribution in [0.2, 0.25) is 0 Å². The van der Waals surface area contributed by atoms with E-state index < -0.39 is 15.9 Å². The molecule has 1 aliphatic carbocycles. The number of hydrazine groups is 1. The van der Waals surface area contributed by atoms with Crippen LogP contribution in [0, 0.1) is 5.92 Å². The summed E-state index contributed by atoms with van der Waals surface area (Å²) in [5, 5.41) is 0. The first-order valence-electron chi connectivity index (χ1n) is 10.7. The summed E-state index contributed by atoms with van der Waals surface area (Å²) < 4.78 is 27.0. The molecule has 7 nitrogen and oxygen atoms in total. The van der Waals surface area contributed by atoms with Crippen LogP contribution in [0.4, 0.5) is 0 Å². The van der Waals surface area contributed by atoms with Crippen molar-refractivity contribution in [2.75, 3.05) is 13.1 Å². The lowest BCUT2D eigenvalue weighted by molar-refractivity contribution is -0.122. The minimum absolute atomic E-state index is 0.107. The van der Waals surface area contributed by atoms with Gasteiger partial charge in [0.25, 0.3) is 5.91 Å². The SMILES string of the molecule is O=C(CCC1CCCCC1)NNC(=O)c1cccc(S(=O)(=O)N2CCCCC2)c1. The van der Waals surface area contributed by atoms with Crippen molar-refractivity contribution in [3.05, 3.63) is 29.8 Å². The van der Waals surface area contributed by atoms with Gasteiger partial charge in [-0.15, -0.1) is 0 Å². The van der Waals surface area contributed by atoms with E-state index >= 15 is 0 Å². The molecule has 29 heavy (non-hydrogen) atoms. The topological polar surface area (TPSA) is 95.6 Å². The van der Waals surface area contributed by atoms with Crippen molar-refractivity contribution in [1.82, 2.24) is 15.2 Å². The fraction of sp³-hybridized carbons (Fsp3) is 0.619. The molecule has 1 aliphatic heterocycles.